The van der Waals surface area contributed by atoms with E-state index in [1.165, 1.54) is 67.3 Å². The van der Waals surface area contributed by atoms with Gasteiger partial charge in [-0.15, -0.1) is 13.3 Å². The number of hydrogen-bond acceptors (Lipinski definition) is 4. The van der Waals surface area contributed by atoms with E-state index < -0.39 is 13.4 Å². The third-order valence-electron chi connectivity index (χ3n) is 13.5. The maximum atomic E-state index is 9.58. The molecule has 7 aromatic rings. The second-order valence-electron chi connectivity index (χ2n) is 22.5. The third kappa shape index (κ3) is 30.8. The molecule has 90 heavy (non-hydrogen) atoms. The van der Waals surface area contributed by atoms with Gasteiger partial charge in [0.2, 0.25) is 0 Å². The molecule has 7 aromatic carbocycles. The van der Waals surface area contributed by atoms with Crippen molar-refractivity contribution >= 4 is 31.9 Å². The van der Waals surface area contributed by atoms with E-state index in [1.807, 2.05) is 91.0 Å². The van der Waals surface area contributed by atoms with Crippen LogP contribution in [0.1, 0.15) is 203 Å². The Labute approximate surface area is 586 Å². The third-order valence-corrected chi connectivity index (χ3v) is 13.5. The molecule has 0 spiro atoms. The van der Waals surface area contributed by atoms with Crippen molar-refractivity contribution in [3.8, 4) is 0 Å². The fourth-order valence-corrected chi connectivity index (χ4v) is 9.50. The van der Waals surface area contributed by atoms with Crippen molar-refractivity contribution in [2.45, 2.75) is 158 Å². The Kier molecular flexibility index (Phi) is 48.5. The molecule has 0 fully saturated rings. The first-order chi connectivity index (χ1) is 40.9. The van der Waals surface area contributed by atoms with Crippen molar-refractivity contribution in [3.63, 3.8) is 0 Å². The van der Waals surface area contributed by atoms with E-state index in [9.17, 15) is 26.3 Å². The maximum Gasteiger partial charge on any atom is 2.00 e. The zero-order valence-electron chi connectivity index (χ0n) is 55.9. The van der Waals surface area contributed by atoms with Crippen molar-refractivity contribution in [2.24, 2.45) is 0 Å². The number of rotatable bonds is 12. The molecular weight excluding hydrogens is 1580 g/mol. The minimum absolute atomic E-state index is 0. The molecule has 4 nitrogen and oxygen atoms in total. The Morgan fingerprint density at radius 2 is 0.444 bits per heavy atom. The van der Waals surface area contributed by atoms with E-state index in [4.69, 9.17) is 0 Å². The first-order valence-corrected chi connectivity index (χ1v) is 31.8. The van der Waals surface area contributed by atoms with E-state index in [1.54, 1.807) is 20.0 Å². The van der Waals surface area contributed by atoms with Crippen LogP contribution in [0.15, 0.2) is 189 Å². The molecule has 0 bridgehead atoms. The minimum atomic E-state index is -3.08. The minimum Gasteiger partial charge on any atom is -0.184 e. The van der Waals surface area contributed by atoms with Crippen LogP contribution in [0.3, 0.4) is 0 Å². The van der Waals surface area contributed by atoms with Gasteiger partial charge in [0.15, 0.2) is 13.4 Å². The van der Waals surface area contributed by atoms with Gasteiger partial charge in [-0.2, -0.15) is 109 Å². The predicted molar refractivity (Wildman–Crippen MR) is 363 cm³/mol. The summed E-state index contributed by atoms with van der Waals surface area (Å²) in [6.45, 7) is 34.9. The average Bonchev–Trinajstić information content (AvgIpc) is 1.56. The second-order valence-corrected chi connectivity index (χ2v) is 22.5. The first kappa shape index (κ1) is 89.4. The Bertz CT molecular complexity index is 2410. The number of benzene rings is 7. The summed E-state index contributed by atoms with van der Waals surface area (Å²) in [6, 6.07) is 64.5. The molecule has 0 saturated carbocycles. The standard InChI is InChI=1S/2C27H37N2.3C6H5.2CF3.2CH3.2Au.ClH.Zn/c2*1-18(2)22-11-9-12-23(19(3)4)26(22)28-15-16-29(17-28)27-24(20(5)6)13-10-14-25(27)21(7)8;3*1-2-4-6-5-3-1;2*2-1(3)4;;;;;;/h2*9-21H,1-8H3;3*1-5H;;;2*1H3;;;1H;/q9*-1;;+1;;+2/p-1. The van der Waals surface area contributed by atoms with Crippen molar-refractivity contribution in [2.75, 3.05) is 19.6 Å². The van der Waals surface area contributed by atoms with Gasteiger partial charge in [0, 0.05) is 45.1 Å². The molecule has 2 aliphatic heterocycles. The SMILES string of the molecule is CC(C)c1cccc(C(C)C)c1N1C=CN(c2c(C(C)C)cccc2C(C)C)[CH-]1.CC(C)c1cccc(C(C)C)c1N1C=CN(c2c(C(C)C)cccc2C(C)C)[CH-]1.F[C-](F)F.F[C-](F)F.[Au].[CH3-].[CH3-].[Cl][Au].[Zn+2].[c-]1ccccc1.[c-]1ccccc1.[c-]1ccccc1. The summed E-state index contributed by atoms with van der Waals surface area (Å²) in [4.78, 5) is 9.30. The van der Waals surface area contributed by atoms with Gasteiger partial charge in [0.05, 0.1) is 0 Å². The molecule has 0 saturated heterocycles. The van der Waals surface area contributed by atoms with Crippen molar-refractivity contribution in [1.82, 2.24) is 0 Å². The molecule has 499 valence electrons. The number of para-hydroxylation sites is 4. The van der Waals surface area contributed by atoms with E-state index >= 15 is 0 Å². The van der Waals surface area contributed by atoms with Crippen LogP contribution in [0.5, 0.6) is 0 Å². The van der Waals surface area contributed by atoms with E-state index in [0.29, 0.717) is 47.3 Å². The Morgan fingerprint density at radius 3 is 0.533 bits per heavy atom. The number of anilines is 4. The number of nitrogens with zero attached hydrogens (tertiary/aromatic N) is 4. The zero-order valence-corrected chi connectivity index (χ0v) is 64.0. The molecule has 0 aromatic heterocycles. The molecule has 9 rings (SSSR count). The Balaban J connectivity index is -0.00000114. The van der Waals surface area contributed by atoms with Gasteiger partial charge < -0.3 is 60.8 Å². The fourth-order valence-electron chi connectivity index (χ4n) is 9.50. The summed E-state index contributed by atoms with van der Waals surface area (Å²) in [7, 11) is 4.58. The van der Waals surface area contributed by atoms with Crippen LogP contribution in [-0.4, -0.2) is 0 Å². The molecule has 0 atom stereocenters. The van der Waals surface area contributed by atoms with Crippen molar-refractivity contribution in [3.05, 3.63) is 293 Å². The van der Waals surface area contributed by atoms with Crippen LogP contribution in [0.25, 0.3) is 0 Å². The van der Waals surface area contributed by atoms with E-state index in [-0.39, 0.29) is 56.7 Å². The largest absolute Gasteiger partial charge is 2.00 e. The van der Waals surface area contributed by atoms with E-state index in [0.717, 1.165) is 0 Å². The smallest absolute Gasteiger partial charge is 0.184 e. The first-order valence-electron chi connectivity index (χ1n) is 29.1. The van der Waals surface area contributed by atoms with Crippen LogP contribution < -0.4 is 19.6 Å². The van der Waals surface area contributed by atoms with Crippen LogP contribution in [-0.2, 0) is 61.8 Å². The Hall–Kier alpha value is -4.81. The molecule has 14 heteroatoms. The summed E-state index contributed by atoms with van der Waals surface area (Å²) >= 11 is 1.75. The van der Waals surface area contributed by atoms with Crippen molar-refractivity contribution in [1.29, 1.82) is 0 Å². The molecule has 2 aliphatic rings. The van der Waals surface area contributed by atoms with Crippen LogP contribution in [0.4, 0.5) is 49.1 Å². The van der Waals surface area contributed by atoms with Gasteiger partial charge >= 0.3 is 48.7 Å². The normalized spacial score (nSPS) is 11.7. The summed E-state index contributed by atoms with van der Waals surface area (Å²) in [5.74, 6) is 3.84. The molecular formula is C76H95Au2ClF6N4Zn-7. The fraction of sp³-hybridized carbons (Fsp3) is 0.316. The zero-order chi connectivity index (χ0) is 64.5. The van der Waals surface area contributed by atoms with Gasteiger partial charge in [0.1, 0.15) is 0 Å². The molecule has 2 heterocycles. The second kappa shape index (κ2) is 48.9. The van der Waals surface area contributed by atoms with Gasteiger partial charge in [-0.3, -0.25) is 0 Å². The monoisotopic (exact) mass is 1670 g/mol. The van der Waals surface area contributed by atoms with Crippen LogP contribution >= 0.6 is 9.19 Å². The molecule has 0 N–H and O–H groups in total. The van der Waals surface area contributed by atoms with Crippen LogP contribution in [0, 0.1) is 59.7 Å². The summed E-state index contributed by atoms with van der Waals surface area (Å²) in [6.07, 6.45) is 8.87. The number of halogens is 7. The van der Waals surface area contributed by atoms with E-state index in [2.05, 4.69) is 269 Å². The predicted octanol–water partition coefficient (Wildman–Crippen LogP) is 24.9. The molecule has 0 amide bonds. The van der Waals surface area contributed by atoms with Crippen LogP contribution in [0.2, 0.25) is 0 Å². The van der Waals surface area contributed by atoms with Gasteiger partial charge in [-0.25, -0.2) is 0 Å². The summed E-state index contributed by atoms with van der Waals surface area (Å²) in [5, 5.41) is 0. The van der Waals surface area contributed by atoms with Gasteiger partial charge in [0.25, 0.3) is 0 Å². The Morgan fingerprint density at radius 1 is 0.311 bits per heavy atom. The van der Waals surface area contributed by atoms with Crippen molar-refractivity contribution < 1.29 is 88.2 Å². The summed E-state index contributed by atoms with van der Waals surface area (Å²) in [5.41, 5.74) is 16.6. The number of hydrogen-bond donors (Lipinski definition) is 0. The topological polar surface area (TPSA) is 13.0 Å². The van der Waals surface area contributed by atoms with Gasteiger partial charge in [-0.1, -0.05) is 184 Å². The molecule has 1 radical (unpaired) electrons. The quantitative estimate of drug-likeness (QED) is 0.0687. The summed E-state index contributed by atoms with van der Waals surface area (Å²) < 4.78 is 57.5. The molecule has 0 unspecified atom stereocenters. The maximum absolute atomic E-state index is 9.58. The van der Waals surface area contributed by atoms with Gasteiger partial charge in [-0.05, 0) is 117 Å². The molecule has 0 aliphatic carbocycles. The average molecular weight is 1670 g/mol.